The van der Waals surface area contributed by atoms with Crippen molar-refractivity contribution in [3.8, 4) is 0 Å². The zero-order valence-corrected chi connectivity index (χ0v) is 10.8. The fourth-order valence-corrected chi connectivity index (χ4v) is 1.90. The second-order valence-electron chi connectivity index (χ2n) is 4.89. The van der Waals surface area contributed by atoms with Crippen LogP contribution in [0.2, 0.25) is 0 Å². The fraction of sp³-hybridized carbons (Fsp3) is 0.750. The molecule has 0 spiro atoms. The summed E-state index contributed by atoms with van der Waals surface area (Å²) in [5.74, 6) is 1.77. The minimum Gasteiger partial charge on any atom is -0.337 e. The Balaban J connectivity index is 2.55. The third-order valence-corrected chi connectivity index (χ3v) is 2.95. The number of imidazole rings is 1. The highest BCUT2D eigenvalue weighted by Crippen LogP contribution is 2.11. The van der Waals surface area contributed by atoms with Gasteiger partial charge in [-0.25, -0.2) is 4.98 Å². The molecule has 2 N–H and O–H groups in total. The molecule has 0 radical (unpaired) electrons. The van der Waals surface area contributed by atoms with Gasteiger partial charge in [0.25, 0.3) is 0 Å². The van der Waals surface area contributed by atoms with Crippen molar-refractivity contribution in [2.24, 2.45) is 18.7 Å². The first-order valence-corrected chi connectivity index (χ1v) is 5.91. The number of hydrogen-bond donors (Lipinski definition) is 1. The van der Waals surface area contributed by atoms with Gasteiger partial charge in [-0.05, 0) is 19.4 Å². The molecule has 0 aliphatic rings. The van der Waals surface area contributed by atoms with Crippen molar-refractivity contribution in [2.75, 3.05) is 13.6 Å². The summed E-state index contributed by atoms with van der Waals surface area (Å²) in [5.41, 5.74) is 5.82. The molecule has 1 rings (SSSR count). The van der Waals surface area contributed by atoms with Crippen molar-refractivity contribution >= 4 is 0 Å². The zero-order valence-electron chi connectivity index (χ0n) is 10.8. The van der Waals surface area contributed by atoms with E-state index < -0.39 is 0 Å². The molecule has 0 aromatic carbocycles. The predicted molar refractivity (Wildman–Crippen MR) is 67.0 cm³/mol. The largest absolute Gasteiger partial charge is 0.337 e. The summed E-state index contributed by atoms with van der Waals surface area (Å²) >= 11 is 0. The second kappa shape index (κ2) is 6.01. The Kier molecular flexibility index (Phi) is 4.96. The van der Waals surface area contributed by atoms with E-state index >= 15 is 0 Å². The van der Waals surface area contributed by atoms with E-state index in [4.69, 9.17) is 5.73 Å². The van der Waals surface area contributed by atoms with E-state index in [2.05, 4.69) is 35.3 Å². The highest BCUT2D eigenvalue weighted by atomic mass is 15.2. The van der Waals surface area contributed by atoms with Gasteiger partial charge in [-0.3, -0.25) is 4.90 Å². The van der Waals surface area contributed by atoms with Gasteiger partial charge in [0.15, 0.2) is 0 Å². The van der Waals surface area contributed by atoms with Crippen molar-refractivity contribution in [3.05, 3.63) is 18.2 Å². The van der Waals surface area contributed by atoms with Crippen LogP contribution in [0, 0.1) is 5.92 Å². The zero-order chi connectivity index (χ0) is 12.1. The summed E-state index contributed by atoms with van der Waals surface area (Å²) in [6.45, 7) is 6.03. The lowest BCUT2D eigenvalue weighted by Gasteiger charge is -2.28. The molecule has 0 fully saturated rings. The molecule has 0 saturated heterocycles. The molecular formula is C12H24N4. The maximum absolute atomic E-state index is 5.82. The van der Waals surface area contributed by atoms with E-state index in [9.17, 15) is 0 Å². The first-order chi connectivity index (χ1) is 7.54. The van der Waals surface area contributed by atoms with E-state index in [0.717, 1.165) is 18.8 Å². The molecule has 0 amide bonds. The summed E-state index contributed by atoms with van der Waals surface area (Å²) in [6, 6.07) is 0.441. The molecule has 16 heavy (non-hydrogen) atoms. The van der Waals surface area contributed by atoms with E-state index in [1.54, 1.807) is 0 Å². The van der Waals surface area contributed by atoms with Crippen LogP contribution in [0.15, 0.2) is 12.4 Å². The van der Waals surface area contributed by atoms with Crippen molar-refractivity contribution in [3.63, 3.8) is 0 Å². The number of rotatable bonds is 6. The van der Waals surface area contributed by atoms with Crippen LogP contribution in [0.1, 0.15) is 26.1 Å². The van der Waals surface area contributed by atoms with Gasteiger partial charge in [-0.1, -0.05) is 13.8 Å². The number of aryl methyl sites for hydroxylation is 1. The van der Waals surface area contributed by atoms with Crippen molar-refractivity contribution in [2.45, 2.75) is 32.9 Å². The standard InChI is InChI=1S/C12H24N4/c1-10(2)7-11(8-13)16(4)9-12-14-5-6-15(12)3/h5-6,10-11H,7-9,13H2,1-4H3. The lowest BCUT2D eigenvalue weighted by molar-refractivity contribution is 0.204. The summed E-state index contributed by atoms with van der Waals surface area (Å²) in [5, 5.41) is 0. The molecule has 4 nitrogen and oxygen atoms in total. The molecule has 0 aliphatic heterocycles. The van der Waals surface area contributed by atoms with Crippen molar-refractivity contribution < 1.29 is 0 Å². The van der Waals surface area contributed by atoms with Gasteiger partial charge in [0, 0.05) is 32.0 Å². The number of likely N-dealkylation sites (N-methyl/N-ethyl adjacent to an activating group) is 1. The van der Waals surface area contributed by atoms with Gasteiger partial charge < -0.3 is 10.3 Å². The van der Waals surface area contributed by atoms with Gasteiger partial charge in [-0.2, -0.15) is 0 Å². The van der Waals surface area contributed by atoms with Gasteiger partial charge >= 0.3 is 0 Å². The molecule has 0 bridgehead atoms. The van der Waals surface area contributed by atoms with E-state index in [-0.39, 0.29) is 0 Å². The lowest BCUT2D eigenvalue weighted by Crippen LogP contribution is -2.38. The fourth-order valence-electron chi connectivity index (χ4n) is 1.90. The third kappa shape index (κ3) is 3.61. The quantitative estimate of drug-likeness (QED) is 0.790. The maximum Gasteiger partial charge on any atom is 0.122 e. The van der Waals surface area contributed by atoms with E-state index in [1.807, 2.05) is 19.4 Å². The number of nitrogens with two attached hydrogens (primary N) is 1. The summed E-state index contributed by atoms with van der Waals surface area (Å²) in [7, 11) is 4.14. The monoisotopic (exact) mass is 224 g/mol. The third-order valence-electron chi connectivity index (χ3n) is 2.95. The Bertz CT molecular complexity index is 306. The van der Waals surface area contributed by atoms with Crippen molar-refractivity contribution in [1.29, 1.82) is 0 Å². The predicted octanol–water partition coefficient (Wildman–Crippen LogP) is 1.23. The average Bonchev–Trinajstić information content (AvgIpc) is 2.60. The second-order valence-corrected chi connectivity index (χ2v) is 4.89. The highest BCUT2D eigenvalue weighted by Gasteiger charge is 2.16. The SMILES string of the molecule is CC(C)CC(CN)N(C)Cc1nccn1C. The Morgan fingerprint density at radius 1 is 1.50 bits per heavy atom. The first kappa shape index (κ1) is 13.2. The average molecular weight is 224 g/mol. The van der Waals surface area contributed by atoms with Crippen LogP contribution in [-0.4, -0.2) is 34.1 Å². The number of hydrogen-bond acceptors (Lipinski definition) is 3. The van der Waals surface area contributed by atoms with Gasteiger partial charge in [0.2, 0.25) is 0 Å². The molecule has 1 aromatic heterocycles. The number of nitrogens with zero attached hydrogens (tertiary/aromatic N) is 3. The Labute approximate surface area is 98.5 Å². The van der Waals surface area contributed by atoms with Gasteiger partial charge in [0.1, 0.15) is 5.82 Å². The minimum atomic E-state index is 0.441. The summed E-state index contributed by atoms with van der Waals surface area (Å²) in [4.78, 5) is 6.63. The molecule has 0 aliphatic carbocycles. The topological polar surface area (TPSA) is 47.1 Å². The molecule has 92 valence electrons. The van der Waals surface area contributed by atoms with Crippen LogP contribution in [0.5, 0.6) is 0 Å². The summed E-state index contributed by atoms with van der Waals surface area (Å²) in [6.07, 6.45) is 4.95. The normalized spacial score (nSPS) is 13.7. The van der Waals surface area contributed by atoms with E-state index in [1.165, 1.54) is 0 Å². The van der Waals surface area contributed by atoms with Crippen LogP contribution >= 0.6 is 0 Å². The molecule has 1 atom stereocenters. The van der Waals surface area contributed by atoms with Crippen LogP contribution < -0.4 is 5.73 Å². The Hall–Kier alpha value is -0.870. The molecule has 1 unspecified atom stereocenters. The van der Waals surface area contributed by atoms with Crippen LogP contribution in [-0.2, 0) is 13.6 Å². The smallest absolute Gasteiger partial charge is 0.122 e. The molecular weight excluding hydrogens is 200 g/mol. The Morgan fingerprint density at radius 3 is 2.62 bits per heavy atom. The Morgan fingerprint density at radius 2 is 2.19 bits per heavy atom. The molecule has 1 aromatic rings. The number of aromatic nitrogens is 2. The van der Waals surface area contributed by atoms with Crippen LogP contribution in [0.25, 0.3) is 0 Å². The first-order valence-electron chi connectivity index (χ1n) is 5.91. The van der Waals surface area contributed by atoms with Crippen molar-refractivity contribution in [1.82, 2.24) is 14.5 Å². The molecule has 1 heterocycles. The minimum absolute atomic E-state index is 0.441. The van der Waals surface area contributed by atoms with E-state index in [0.29, 0.717) is 18.5 Å². The maximum atomic E-state index is 5.82. The van der Waals surface area contributed by atoms with Gasteiger partial charge in [-0.15, -0.1) is 0 Å². The molecule has 4 heteroatoms. The highest BCUT2D eigenvalue weighted by molar-refractivity contribution is 4.91. The van der Waals surface area contributed by atoms with Gasteiger partial charge in [0.05, 0.1) is 6.54 Å². The summed E-state index contributed by atoms with van der Waals surface area (Å²) < 4.78 is 2.06. The van der Waals surface area contributed by atoms with Crippen LogP contribution in [0.3, 0.4) is 0 Å². The lowest BCUT2D eigenvalue weighted by atomic mass is 10.0. The molecule has 0 saturated carbocycles. The van der Waals surface area contributed by atoms with Crippen LogP contribution in [0.4, 0.5) is 0 Å².